The molecule has 2 aromatic heterocycles. The number of nitrogens with one attached hydrogen (secondary N) is 1. The topological polar surface area (TPSA) is 112 Å². The molecule has 1 N–H and O–H groups in total. The van der Waals surface area contributed by atoms with E-state index in [0.29, 0.717) is 5.56 Å². The summed E-state index contributed by atoms with van der Waals surface area (Å²) in [6.45, 7) is 1.37. The molecule has 0 saturated heterocycles. The molecule has 0 spiro atoms. The highest BCUT2D eigenvalue weighted by atomic mass is 16.5. The van der Waals surface area contributed by atoms with Crippen LogP contribution in [0.1, 0.15) is 18.5 Å². The third-order valence-electron chi connectivity index (χ3n) is 3.29. The molecular weight excluding hydrogens is 288 g/mol. The highest BCUT2D eigenvalue weighted by molar-refractivity contribution is 6.05. The van der Waals surface area contributed by atoms with E-state index in [0.717, 1.165) is 0 Å². The Morgan fingerprint density at radius 3 is 2.86 bits per heavy atom. The van der Waals surface area contributed by atoms with E-state index in [2.05, 4.69) is 25.8 Å². The van der Waals surface area contributed by atoms with Gasteiger partial charge in [-0.05, 0) is 29.0 Å². The molecule has 1 aliphatic heterocycles. The molecule has 0 unspecified atom stereocenters. The second kappa shape index (κ2) is 5.35. The van der Waals surface area contributed by atoms with Gasteiger partial charge >= 0.3 is 5.97 Å². The minimum absolute atomic E-state index is 0.0335. The third kappa shape index (κ3) is 2.12. The van der Waals surface area contributed by atoms with Crippen LogP contribution in [0.4, 0.5) is 5.95 Å². The monoisotopic (exact) mass is 300 g/mol. The quantitative estimate of drug-likeness (QED) is 0.794. The first-order chi connectivity index (χ1) is 10.6. The summed E-state index contributed by atoms with van der Waals surface area (Å²) >= 11 is 0. The van der Waals surface area contributed by atoms with Gasteiger partial charge in [-0.25, -0.2) is 4.79 Å². The number of tetrazole rings is 1. The molecule has 0 aliphatic carbocycles. The molecular formula is C13H12N6O3. The van der Waals surface area contributed by atoms with Gasteiger partial charge in [0.2, 0.25) is 5.95 Å². The van der Waals surface area contributed by atoms with Crippen LogP contribution >= 0.6 is 0 Å². The summed E-state index contributed by atoms with van der Waals surface area (Å²) in [7, 11) is 1.24. The van der Waals surface area contributed by atoms with E-state index in [1.165, 1.54) is 18.7 Å². The molecule has 3 rings (SSSR count). The van der Waals surface area contributed by atoms with Crippen LogP contribution in [0.15, 0.2) is 35.8 Å². The van der Waals surface area contributed by atoms with Gasteiger partial charge in [-0.3, -0.25) is 9.78 Å². The maximum Gasteiger partial charge on any atom is 0.355 e. The predicted octanol–water partition coefficient (Wildman–Crippen LogP) is 0.0991. The number of methoxy groups -OCH3 is 1. The number of Topliss-reactive ketones (excluding diaryl/α,β-unsaturated/α-hetero) is 1. The molecule has 0 bridgehead atoms. The predicted molar refractivity (Wildman–Crippen MR) is 73.5 cm³/mol. The Labute approximate surface area is 125 Å². The number of nitrogens with zero attached hydrogens (tertiary/aromatic N) is 5. The number of allylic oxidation sites excluding steroid dienone is 1. The normalized spacial score (nSPS) is 16.7. The standard InChI is InChI=1S/C13H12N6O3/c1-7(20)9-10(12(21)22-2)15-13-16-17-18-19(13)11(9)8-4-3-5-14-6-8/h3-6,11H,1-2H3,(H,15,16,18)/t11-/m0/s1. The number of anilines is 1. The largest absolute Gasteiger partial charge is 0.464 e. The van der Waals surface area contributed by atoms with Crippen LogP contribution in [0.2, 0.25) is 0 Å². The van der Waals surface area contributed by atoms with Crippen molar-refractivity contribution in [1.82, 2.24) is 25.2 Å². The minimum atomic E-state index is -0.659. The van der Waals surface area contributed by atoms with Crippen LogP contribution in [-0.4, -0.2) is 44.1 Å². The lowest BCUT2D eigenvalue weighted by atomic mass is 9.94. The van der Waals surface area contributed by atoms with Crippen LogP contribution in [0, 0.1) is 0 Å². The van der Waals surface area contributed by atoms with Crippen LogP contribution in [0.3, 0.4) is 0 Å². The maximum absolute atomic E-state index is 12.1. The smallest absolute Gasteiger partial charge is 0.355 e. The number of carbonyl (C=O) groups is 2. The number of ketones is 1. The van der Waals surface area contributed by atoms with E-state index >= 15 is 0 Å². The molecule has 0 saturated carbocycles. The molecule has 9 nitrogen and oxygen atoms in total. The van der Waals surface area contributed by atoms with Gasteiger partial charge in [0.15, 0.2) is 5.78 Å². The minimum Gasteiger partial charge on any atom is -0.464 e. The zero-order valence-electron chi connectivity index (χ0n) is 11.8. The second-order valence-corrected chi connectivity index (χ2v) is 4.60. The summed E-state index contributed by atoms with van der Waals surface area (Å²) < 4.78 is 6.17. The Morgan fingerprint density at radius 1 is 1.41 bits per heavy atom. The van der Waals surface area contributed by atoms with E-state index in [1.54, 1.807) is 24.5 Å². The van der Waals surface area contributed by atoms with Gasteiger partial charge in [-0.2, -0.15) is 4.68 Å². The fraction of sp³-hybridized carbons (Fsp3) is 0.231. The lowest BCUT2D eigenvalue weighted by molar-refractivity contribution is -0.136. The Morgan fingerprint density at radius 2 is 2.23 bits per heavy atom. The van der Waals surface area contributed by atoms with E-state index in [9.17, 15) is 9.59 Å². The fourth-order valence-corrected chi connectivity index (χ4v) is 2.37. The molecule has 0 fully saturated rings. The van der Waals surface area contributed by atoms with Crippen molar-refractivity contribution in [2.24, 2.45) is 0 Å². The van der Waals surface area contributed by atoms with E-state index < -0.39 is 12.0 Å². The van der Waals surface area contributed by atoms with E-state index in [1.807, 2.05) is 0 Å². The van der Waals surface area contributed by atoms with Gasteiger partial charge in [0.05, 0.1) is 12.7 Å². The van der Waals surface area contributed by atoms with Crippen molar-refractivity contribution in [3.05, 3.63) is 41.4 Å². The van der Waals surface area contributed by atoms with Crippen LogP contribution in [0.5, 0.6) is 0 Å². The highest BCUT2D eigenvalue weighted by Gasteiger charge is 2.36. The van der Waals surface area contributed by atoms with Gasteiger partial charge in [0.1, 0.15) is 11.7 Å². The van der Waals surface area contributed by atoms with Crippen molar-refractivity contribution in [1.29, 1.82) is 0 Å². The second-order valence-electron chi connectivity index (χ2n) is 4.60. The molecule has 1 atom stereocenters. The van der Waals surface area contributed by atoms with Crippen molar-refractivity contribution in [2.75, 3.05) is 12.4 Å². The summed E-state index contributed by atoms with van der Waals surface area (Å²) in [5.74, 6) is -0.699. The van der Waals surface area contributed by atoms with Crippen LogP contribution < -0.4 is 5.32 Å². The zero-order chi connectivity index (χ0) is 15.7. The molecule has 22 heavy (non-hydrogen) atoms. The Balaban J connectivity index is 2.25. The number of ether oxygens (including phenoxy) is 1. The number of pyridine rings is 1. The highest BCUT2D eigenvalue weighted by Crippen LogP contribution is 2.34. The van der Waals surface area contributed by atoms with Gasteiger partial charge in [-0.15, -0.1) is 0 Å². The summed E-state index contributed by atoms with van der Waals surface area (Å²) in [5, 5.41) is 14.0. The first-order valence-corrected chi connectivity index (χ1v) is 6.41. The number of hydrogen-bond acceptors (Lipinski definition) is 8. The van der Waals surface area contributed by atoms with Crippen molar-refractivity contribution >= 4 is 17.7 Å². The van der Waals surface area contributed by atoms with E-state index in [4.69, 9.17) is 4.74 Å². The van der Waals surface area contributed by atoms with Gasteiger partial charge < -0.3 is 10.1 Å². The third-order valence-corrected chi connectivity index (χ3v) is 3.29. The molecule has 112 valence electrons. The average molecular weight is 300 g/mol. The van der Waals surface area contributed by atoms with Crippen molar-refractivity contribution in [3.8, 4) is 0 Å². The number of hydrogen-bond donors (Lipinski definition) is 1. The first-order valence-electron chi connectivity index (χ1n) is 6.41. The van der Waals surface area contributed by atoms with Crippen LogP contribution in [0.25, 0.3) is 0 Å². The zero-order valence-corrected chi connectivity index (χ0v) is 11.8. The lowest BCUT2D eigenvalue weighted by Gasteiger charge is -2.27. The Bertz CT molecular complexity index is 767. The molecule has 3 heterocycles. The lowest BCUT2D eigenvalue weighted by Crippen LogP contribution is -2.32. The molecule has 2 aromatic rings. The molecule has 0 radical (unpaired) electrons. The number of esters is 1. The Hall–Kier alpha value is -3.10. The molecule has 0 amide bonds. The van der Waals surface area contributed by atoms with Crippen LogP contribution in [-0.2, 0) is 14.3 Å². The van der Waals surface area contributed by atoms with Crippen molar-refractivity contribution in [2.45, 2.75) is 13.0 Å². The van der Waals surface area contributed by atoms with E-state index in [-0.39, 0.29) is 23.0 Å². The summed E-state index contributed by atoms with van der Waals surface area (Å²) in [6.07, 6.45) is 3.21. The molecule has 1 aliphatic rings. The molecule has 0 aromatic carbocycles. The van der Waals surface area contributed by atoms with Gasteiger partial charge in [0, 0.05) is 12.4 Å². The van der Waals surface area contributed by atoms with Gasteiger partial charge in [0.25, 0.3) is 0 Å². The first kappa shape index (κ1) is 13.9. The average Bonchev–Trinajstić information content (AvgIpc) is 3.01. The fourth-order valence-electron chi connectivity index (χ4n) is 2.37. The van der Waals surface area contributed by atoms with Gasteiger partial charge in [-0.1, -0.05) is 11.2 Å². The SMILES string of the molecule is COC(=O)C1=C(C(C)=O)[C@H](c2cccnc2)n2nnnc2N1. The number of carbonyl (C=O) groups excluding carboxylic acids is 2. The maximum atomic E-state index is 12.1. The number of fused-ring (bicyclic) bond motifs is 1. The van der Waals surface area contributed by atoms with Crippen molar-refractivity contribution in [3.63, 3.8) is 0 Å². The summed E-state index contributed by atoms with van der Waals surface area (Å²) in [6, 6.07) is 2.87. The summed E-state index contributed by atoms with van der Waals surface area (Å²) in [4.78, 5) is 28.2. The molecule has 9 heteroatoms. The Kier molecular flexibility index (Phi) is 3.37. The van der Waals surface area contributed by atoms with Crippen molar-refractivity contribution < 1.29 is 14.3 Å². The number of aromatic nitrogens is 5. The summed E-state index contributed by atoms with van der Waals surface area (Å²) in [5.41, 5.74) is 0.940. The number of rotatable bonds is 3.